The topological polar surface area (TPSA) is 63.2 Å². The molecule has 2 N–H and O–H groups in total. The second-order valence-corrected chi connectivity index (χ2v) is 4.44. The Labute approximate surface area is 122 Å². The minimum atomic E-state index is -0.379. The lowest BCUT2D eigenvalue weighted by Gasteiger charge is -2.11. The van der Waals surface area contributed by atoms with Crippen molar-refractivity contribution in [2.75, 3.05) is 12.4 Å². The molecule has 0 unspecified atom stereocenters. The molecule has 2 aromatic rings. The fraction of sp³-hybridized carbons (Fsp3) is 0.200. The van der Waals surface area contributed by atoms with E-state index in [1.165, 1.54) is 25.3 Å². The Bertz CT molecular complexity index is 647. The third-order valence-corrected chi connectivity index (χ3v) is 2.92. The summed E-state index contributed by atoms with van der Waals surface area (Å²) in [5.41, 5.74) is 1.99. The fourth-order valence-corrected chi connectivity index (χ4v) is 1.85. The maximum atomic E-state index is 13.0. The van der Waals surface area contributed by atoms with Crippen LogP contribution in [0.15, 0.2) is 36.5 Å². The zero-order valence-electron chi connectivity index (χ0n) is 11.8. The molecule has 0 atom stereocenters. The molecule has 1 heterocycles. The number of ether oxygens (including phenoxy) is 1. The molecular formula is C15H16FN3O2. The molecule has 5 nitrogen and oxygen atoms in total. The van der Waals surface area contributed by atoms with Crippen LogP contribution >= 0.6 is 0 Å². The van der Waals surface area contributed by atoms with Gasteiger partial charge in [0.1, 0.15) is 5.82 Å². The van der Waals surface area contributed by atoms with Crippen molar-refractivity contribution in [3.63, 3.8) is 0 Å². The van der Waals surface area contributed by atoms with Crippen LogP contribution in [0.3, 0.4) is 0 Å². The lowest BCUT2D eigenvalue weighted by molar-refractivity contribution is 0.251. The molecule has 2 rings (SSSR count). The maximum absolute atomic E-state index is 13.0. The van der Waals surface area contributed by atoms with Crippen LogP contribution in [0.25, 0.3) is 0 Å². The van der Waals surface area contributed by atoms with Gasteiger partial charge in [0, 0.05) is 24.0 Å². The van der Waals surface area contributed by atoms with Crippen LogP contribution in [-0.4, -0.2) is 18.1 Å². The summed E-state index contributed by atoms with van der Waals surface area (Å²) in [7, 11) is 1.52. The van der Waals surface area contributed by atoms with Crippen molar-refractivity contribution in [1.82, 2.24) is 10.3 Å². The smallest absolute Gasteiger partial charge is 0.319 e. The van der Waals surface area contributed by atoms with Gasteiger partial charge in [0.2, 0.25) is 5.88 Å². The number of amides is 2. The quantitative estimate of drug-likeness (QED) is 0.909. The molecule has 0 spiro atoms. The number of nitrogens with one attached hydrogen (secondary N) is 2. The van der Waals surface area contributed by atoms with Crippen LogP contribution in [-0.2, 0) is 6.54 Å². The SMILES string of the molecule is COc1ncccc1CNC(=O)Nc1ccc(F)cc1C. The highest BCUT2D eigenvalue weighted by molar-refractivity contribution is 5.90. The minimum absolute atomic E-state index is 0.281. The van der Waals surface area contributed by atoms with Crippen LogP contribution in [0.2, 0.25) is 0 Å². The molecule has 0 radical (unpaired) electrons. The number of hydrogen-bond acceptors (Lipinski definition) is 3. The van der Waals surface area contributed by atoms with Crippen LogP contribution in [0.1, 0.15) is 11.1 Å². The summed E-state index contributed by atoms with van der Waals surface area (Å²) in [5.74, 6) is 0.134. The number of benzene rings is 1. The maximum Gasteiger partial charge on any atom is 0.319 e. The van der Waals surface area contributed by atoms with Crippen molar-refractivity contribution in [1.29, 1.82) is 0 Å². The average molecular weight is 289 g/mol. The van der Waals surface area contributed by atoms with E-state index < -0.39 is 0 Å². The second-order valence-electron chi connectivity index (χ2n) is 4.44. The van der Waals surface area contributed by atoms with Gasteiger partial charge in [-0.2, -0.15) is 0 Å². The first-order valence-corrected chi connectivity index (χ1v) is 6.39. The van der Waals surface area contributed by atoms with E-state index in [4.69, 9.17) is 4.74 Å². The van der Waals surface area contributed by atoms with Crippen LogP contribution in [0.4, 0.5) is 14.9 Å². The second kappa shape index (κ2) is 6.69. The first-order valence-electron chi connectivity index (χ1n) is 6.39. The number of pyridine rings is 1. The van der Waals surface area contributed by atoms with E-state index in [2.05, 4.69) is 15.6 Å². The van der Waals surface area contributed by atoms with E-state index in [1.54, 1.807) is 19.2 Å². The van der Waals surface area contributed by atoms with Gasteiger partial charge in [0.25, 0.3) is 0 Å². The predicted octanol–water partition coefficient (Wildman–Crippen LogP) is 2.86. The first-order chi connectivity index (χ1) is 10.1. The van der Waals surface area contributed by atoms with Gasteiger partial charge in [-0.3, -0.25) is 0 Å². The van der Waals surface area contributed by atoms with E-state index in [-0.39, 0.29) is 18.4 Å². The third kappa shape index (κ3) is 3.92. The lowest BCUT2D eigenvalue weighted by Crippen LogP contribution is -2.28. The molecule has 0 fully saturated rings. The number of methoxy groups -OCH3 is 1. The van der Waals surface area contributed by atoms with Gasteiger partial charge in [0.15, 0.2) is 0 Å². The molecule has 2 amide bonds. The van der Waals surface area contributed by atoms with Gasteiger partial charge in [-0.05, 0) is 36.8 Å². The number of rotatable bonds is 4. The van der Waals surface area contributed by atoms with E-state index in [9.17, 15) is 9.18 Å². The Kier molecular flexibility index (Phi) is 4.71. The molecular weight excluding hydrogens is 273 g/mol. The Morgan fingerprint density at radius 2 is 2.19 bits per heavy atom. The van der Waals surface area contributed by atoms with Gasteiger partial charge in [0.05, 0.1) is 7.11 Å². The van der Waals surface area contributed by atoms with Gasteiger partial charge in [-0.25, -0.2) is 14.2 Å². The summed E-state index contributed by atoms with van der Waals surface area (Å²) in [6.07, 6.45) is 1.62. The van der Waals surface area contributed by atoms with E-state index in [0.717, 1.165) is 5.56 Å². The van der Waals surface area contributed by atoms with Crippen molar-refractivity contribution in [2.45, 2.75) is 13.5 Å². The third-order valence-electron chi connectivity index (χ3n) is 2.92. The number of halogens is 1. The van der Waals surface area contributed by atoms with Crippen LogP contribution < -0.4 is 15.4 Å². The molecule has 0 aliphatic heterocycles. The summed E-state index contributed by atoms with van der Waals surface area (Å²) in [5, 5.41) is 5.37. The van der Waals surface area contributed by atoms with Crippen molar-refractivity contribution in [2.24, 2.45) is 0 Å². The number of aromatic nitrogens is 1. The molecule has 0 saturated heterocycles. The number of hydrogen-bond donors (Lipinski definition) is 2. The fourth-order valence-electron chi connectivity index (χ4n) is 1.85. The minimum Gasteiger partial charge on any atom is -0.481 e. The van der Waals surface area contributed by atoms with Crippen molar-refractivity contribution in [3.8, 4) is 5.88 Å². The van der Waals surface area contributed by atoms with Crippen molar-refractivity contribution >= 4 is 11.7 Å². The van der Waals surface area contributed by atoms with E-state index in [1.807, 2.05) is 6.07 Å². The molecule has 1 aromatic heterocycles. The molecule has 21 heavy (non-hydrogen) atoms. The molecule has 1 aromatic carbocycles. The predicted molar refractivity (Wildman–Crippen MR) is 77.8 cm³/mol. The summed E-state index contributed by atoms with van der Waals surface area (Å²) in [6.45, 7) is 2.01. The number of carbonyl (C=O) groups is 1. The monoisotopic (exact) mass is 289 g/mol. The zero-order chi connectivity index (χ0) is 15.2. The standard InChI is InChI=1S/C15H16FN3O2/c1-10-8-12(16)5-6-13(10)19-15(20)18-9-11-4-3-7-17-14(11)21-2/h3-8H,9H2,1-2H3,(H2,18,19,20). The highest BCUT2D eigenvalue weighted by atomic mass is 19.1. The number of urea groups is 1. The average Bonchev–Trinajstić information content (AvgIpc) is 2.48. The normalized spacial score (nSPS) is 10.0. The highest BCUT2D eigenvalue weighted by Crippen LogP contribution is 2.16. The van der Waals surface area contributed by atoms with Crippen molar-refractivity contribution < 1.29 is 13.9 Å². The Hall–Kier alpha value is -2.63. The van der Waals surface area contributed by atoms with Gasteiger partial charge in [-0.1, -0.05) is 6.07 Å². The molecule has 0 aliphatic carbocycles. The van der Waals surface area contributed by atoms with E-state index >= 15 is 0 Å². The number of anilines is 1. The molecule has 0 bridgehead atoms. The lowest BCUT2D eigenvalue weighted by atomic mass is 10.2. The van der Waals surface area contributed by atoms with Crippen molar-refractivity contribution in [3.05, 3.63) is 53.5 Å². The van der Waals surface area contributed by atoms with Gasteiger partial charge >= 0.3 is 6.03 Å². The molecule has 6 heteroatoms. The number of nitrogens with zero attached hydrogens (tertiary/aromatic N) is 1. The van der Waals surface area contributed by atoms with Crippen LogP contribution in [0.5, 0.6) is 5.88 Å². The van der Waals surface area contributed by atoms with E-state index in [0.29, 0.717) is 17.1 Å². The highest BCUT2D eigenvalue weighted by Gasteiger charge is 2.07. The molecule has 0 saturated carbocycles. The summed E-state index contributed by atoms with van der Waals surface area (Å²) < 4.78 is 18.1. The van der Waals surface area contributed by atoms with Crippen LogP contribution in [0, 0.1) is 12.7 Å². The Morgan fingerprint density at radius 1 is 1.38 bits per heavy atom. The van der Waals surface area contributed by atoms with Gasteiger partial charge < -0.3 is 15.4 Å². The molecule has 0 aliphatic rings. The first kappa shape index (κ1) is 14.8. The summed E-state index contributed by atoms with van der Waals surface area (Å²) >= 11 is 0. The van der Waals surface area contributed by atoms with Gasteiger partial charge in [-0.15, -0.1) is 0 Å². The molecule has 110 valence electrons. The summed E-state index contributed by atoms with van der Waals surface area (Å²) in [4.78, 5) is 15.9. The zero-order valence-corrected chi connectivity index (χ0v) is 11.8. The Balaban J connectivity index is 1.96. The number of carbonyl (C=O) groups excluding carboxylic acids is 1. The summed E-state index contributed by atoms with van der Waals surface area (Å²) in [6, 6.07) is 7.38. The Morgan fingerprint density at radius 3 is 2.90 bits per heavy atom. The largest absolute Gasteiger partial charge is 0.481 e. The number of aryl methyl sites for hydroxylation is 1.